The SMILES string of the molecule is CNC(=O)[C@@H]1C[C@@H](O)C[N+]1(C)C1(c2cc(C)cnc2OC)C(=O)N(S(=O)(=O)c2cc(OC)c(OC)cc2OC)c2ccc(Cl)cc21. The number of benzene rings is 2. The predicted octanol–water partition coefficient (Wildman–Crippen LogP) is 2.38. The fraction of sp³-hybridized carbons (Fsp3) is 0.387. The number of likely N-dealkylation sites (tertiary alicyclic amines) is 1. The van der Waals surface area contributed by atoms with Crippen molar-refractivity contribution in [2.75, 3.05) is 53.4 Å². The molecule has 5 rings (SSSR count). The van der Waals surface area contributed by atoms with E-state index in [-0.39, 0.29) is 62.8 Å². The van der Waals surface area contributed by atoms with Gasteiger partial charge in [-0.15, -0.1) is 0 Å². The van der Waals surface area contributed by atoms with E-state index in [0.717, 1.165) is 0 Å². The number of aliphatic hydroxyl groups is 1. The van der Waals surface area contributed by atoms with Crippen LogP contribution in [-0.4, -0.2) is 96.0 Å². The van der Waals surface area contributed by atoms with E-state index in [0.29, 0.717) is 9.87 Å². The van der Waals surface area contributed by atoms with Gasteiger partial charge < -0.3 is 29.4 Å². The van der Waals surface area contributed by atoms with Crippen LogP contribution in [0.4, 0.5) is 5.69 Å². The van der Waals surface area contributed by atoms with Crippen LogP contribution in [0.1, 0.15) is 23.1 Å². The Morgan fingerprint density at radius 3 is 2.30 bits per heavy atom. The Morgan fingerprint density at radius 2 is 1.70 bits per heavy atom. The van der Waals surface area contributed by atoms with Crippen molar-refractivity contribution in [3.63, 3.8) is 0 Å². The number of pyridine rings is 1. The highest BCUT2D eigenvalue weighted by atomic mass is 35.5. The molecule has 2 aliphatic rings. The zero-order valence-electron chi connectivity index (χ0n) is 26.5. The molecule has 1 saturated heterocycles. The van der Waals surface area contributed by atoms with Crippen LogP contribution >= 0.6 is 11.6 Å². The number of aliphatic hydroxyl groups excluding tert-OH is 1. The molecule has 46 heavy (non-hydrogen) atoms. The molecule has 0 spiro atoms. The number of likely N-dealkylation sites (N-methyl/N-ethyl adjacent to an activating group) is 2. The normalized spacial score (nSPS) is 24.0. The van der Waals surface area contributed by atoms with Crippen LogP contribution in [-0.2, 0) is 25.2 Å². The first-order chi connectivity index (χ1) is 21.8. The number of quaternary nitrogens is 1. The number of aryl methyl sites for hydroxylation is 1. The fourth-order valence-electron chi connectivity index (χ4n) is 6.93. The van der Waals surface area contributed by atoms with Gasteiger partial charge in [-0.2, -0.15) is 4.31 Å². The molecule has 13 nitrogen and oxygen atoms in total. The number of methoxy groups -OCH3 is 4. The lowest BCUT2D eigenvalue weighted by molar-refractivity contribution is -0.953. The van der Waals surface area contributed by atoms with Crippen LogP contribution in [0, 0.1) is 6.92 Å². The number of carbonyl (C=O) groups excluding carboxylic acids is 2. The molecule has 2 amide bonds. The van der Waals surface area contributed by atoms with Gasteiger partial charge in [0.05, 0.1) is 52.3 Å². The summed E-state index contributed by atoms with van der Waals surface area (Å²) in [7, 11) is 3.73. The molecule has 0 saturated carbocycles. The van der Waals surface area contributed by atoms with Gasteiger partial charge in [0.2, 0.25) is 11.4 Å². The van der Waals surface area contributed by atoms with Gasteiger partial charge >= 0.3 is 5.91 Å². The van der Waals surface area contributed by atoms with Crippen LogP contribution in [0.5, 0.6) is 23.1 Å². The van der Waals surface area contributed by atoms with E-state index in [9.17, 15) is 18.3 Å². The molecule has 0 bridgehead atoms. The molecule has 1 aromatic heterocycles. The third-order valence-corrected chi connectivity index (χ3v) is 10.9. The lowest BCUT2D eigenvalue weighted by atomic mass is 9.79. The van der Waals surface area contributed by atoms with Gasteiger partial charge in [0.1, 0.15) is 23.3 Å². The highest BCUT2D eigenvalue weighted by molar-refractivity contribution is 7.93. The second-order valence-electron chi connectivity index (χ2n) is 11.3. The molecule has 15 heteroatoms. The van der Waals surface area contributed by atoms with Crippen molar-refractivity contribution in [2.24, 2.45) is 0 Å². The van der Waals surface area contributed by atoms with Crippen LogP contribution in [0.3, 0.4) is 0 Å². The maximum Gasteiger partial charge on any atom is 0.312 e. The average molecular weight is 676 g/mol. The number of nitrogens with one attached hydrogen (secondary N) is 1. The molecular formula is C31H36ClN4O9S+. The zero-order valence-corrected chi connectivity index (χ0v) is 28.0. The zero-order chi connectivity index (χ0) is 33.8. The highest BCUT2D eigenvalue weighted by Crippen LogP contribution is 2.58. The maximum absolute atomic E-state index is 15.5. The molecular weight excluding hydrogens is 640 g/mol. The third-order valence-electron chi connectivity index (χ3n) is 8.91. The Labute approximate surface area is 272 Å². The van der Waals surface area contributed by atoms with Crippen molar-refractivity contribution >= 4 is 39.1 Å². The molecule has 1 fully saturated rings. The van der Waals surface area contributed by atoms with Gasteiger partial charge in [-0.05, 0) is 36.8 Å². The summed E-state index contributed by atoms with van der Waals surface area (Å²) in [5.41, 5.74) is -0.991. The number of nitrogens with zero attached hydrogens (tertiary/aromatic N) is 3. The van der Waals surface area contributed by atoms with Gasteiger partial charge in [-0.1, -0.05) is 11.6 Å². The third kappa shape index (κ3) is 4.65. The maximum atomic E-state index is 15.5. The molecule has 2 aromatic carbocycles. The summed E-state index contributed by atoms with van der Waals surface area (Å²) < 4.78 is 51.8. The van der Waals surface area contributed by atoms with E-state index >= 15 is 4.79 Å². The molecule has 3 heterocycles. The number of rotatable bonds is 9. The molecule has 0 radical (unpaired) electrons. The number of hydrogen-bond acceptors (Lipinski definition) is 10. The minimum Gasteiger partial charge on any atom is -0.495 e. The lowest BCUT2D eigenvalue weighted by Crippen LogP contribution is -2.69. The second-order valence-corrected chi connectivity index (χ2v) is 13.5. The van der Waals surface area contributed by atoms with Gasteiger partial charge in [0.25, 0.3) is 15.9 Å². The summed E-state index contributed by atoms with van der Waals surface area (Å²) >= 11 is 6.59. The first-order valence-electron chi connectivity index (χ1n) is 14.2. The standard InChI is InChI=1S/C31H35ClN4O9S/c1-17-10-21(29(45-7)34-15-17)31(36(3)16-19(37)12-23(36)28(38)33-2)20-11-18(32)8-9-22(20)35(30(31)39)46(40,41)27-14-25(43-5)24(42-4)13-26(27)44-6/h8-11,13-15,19,23,37H,12,16H2,1-7H3/p+1/t19-,23+,31?,36?/m1/s1. The van der Waals surface area contributed by atoms with Crippen LogP contribution in [0.15, 0.2) is 47.5 Å². The summed E-state index contributed by atoms with van der Waals surface area (Å²) in [4.78, 5) is 33.1. The number of halogens is 1. The Kier molecular flexibility index (Phi) is 8.62. The Balaban J connectivity index is 1.93. The summed E-state index contributed by atoms with van der Waals surface area (Å²) in [5.74, 6) is -1.16. The average Bonchev–Trinajstić information content (AvgIpc) is 3.49. The Hall–Kier alpha value is -4.11. The van der Waals surface area contributed by atoms with Crippen LogP contribution in [0.2, 0.25) is 5.02 Å². The molecule has 4 atom stereocenters. The summed E-state index contributed by atoms with van der Waals surface area (Å²) in [5, 5.41) is 14.0. The number of sulfonamides is 1. The van der Waals surface area contributed by atoms with Crippen LogP contribution in [0.25, 0.3) is 0 Å². The van der Waals surface area contributed by atoms with Gasteiger partial charge in [-0.25, -0.2) is 13.4 Å². The van der Waals surface area contributed by atoms with E-state index in [4.69, 9.17) is 30.5 Å². The van der Waals surface area contributed by atoms with E-state index < -0.39 is 44.0 Å². The number of aromatic nitrogens is 1. The van der Waals surface area contributed by atoms with Crippen molar-refractivity contribution in [1.82, 2.24) is 10.3 Å². The highest BCUT2D eigenvalue weighted by Gasteiger charge is 2.72. The number of ether oxygens (including phenoxy) is 4. The van der Waals surface area contributed by atoms with Crippen LogP contribution < -0.4 is 28.6 Å². The summed E-state index contributed by atoms with van der Waals surface area (Å²) in [6.07, 6.45) is 0.533. The smallest absolute Gasteiger partial charge is 0.312 e. The number of amides is 2. The van der Waals surface area contributed by atoms with Gasteiger partial charge in [0.15, 0.2) is 17.5 Å². The number of carbonyl (C=O) groups is 2. The summed E-state index contributed by atoms with van der Waals surface area (Å²) in [6, 6.07) is 7.66. The second kappa shape index (κ2) is 11.9. The minimum atomic E-state index is -4.79. The minimum absolute atomic E-state index is 0.00108. The topological polar surface area (TPSA) is 154 Å². The summed E-state index contributed by atoms with van der Waals surface area (Å²) in [6.45, 7) is 1.67. The quantitative estimate of drug-likeness (QED) is 0.323. The largest absolute Gasteiger partial charge is 0.495 e. The predicted molar refractivity (Wildman–Crippen MR) is 168 cm³/mol. The van der Waals surface area contributed by atoms with E-state index in [1.165, 1.54) is 65.8 Å². The monoisotopic (exact) mass is 675 g/mol. The first-order valence-corrected chi connectivity index (χ1v) is 16.0. The van der Waals surface area contributed by atoms with Crippen molar-refractivity contribution in [3.05, 3.63) is 64.3 Å². The Morgan fingerprint density at radius 1 is 1.04 bits per heavy atom. The number of hydrogen-bond donors (Lipinski definition) is 2. The number of anilines is 1. The van der Waals surface area contributed by atoms with E-state index in [1.807, 2.05) is 0 Å². The molecule has 246 valence electrons. The molecule has 2 aliphatic heterocycles. The van der Waals surface area contributed by atoms with Gasteiger partial charge in [0, 0.05) is 36.8 Å². The molecule has 2 unspecified atom stereocenters. The van der Waals surface area contributed by atoms with E-state index in [1.54, 1.807) is 26.2 Å². The van der Waals surface area contributed by atoms with Gasteiger partial charge in [-0.3, -0.25) is 14.1 Å². The molecule has 2 N–H and O–H groups in total. The Bertz CT molecular complexity index is 1840. The first kappa shape index (κ1) is 33.3. The van der Waals surface area contributed by atoms with Crippen molar-refractivity contribution in [3.8, 4) is 23.1 Å². The van der Waals surface area contributed by atoms with Crippen molar-refractivity contribution in [1.29, 1.82) is 0 Å². The van der Waals surface area contributed by atoms with Crippen molar-refractivity contribution in [2.45, 2.75) is 35.9 Å². The van der Waals surface area contributed by atoms with E-state index in [2.05, 4.69) is 10.3 Å². The molecule has 3 aromatic rings. The molecule has 0 aliphatic carbocycles. The van der Waals surface area contributed by atoms with Crippen molar-refractivity contribution < 1.29 is 46.5 Å². The fourth-order valence-corrected chi connectivity index (χ4v) is 8.72. The number of fused-ring (bicyclic) bond motifs is 1. The lowest BCUT2D eigenvalue weighted by Gasteiger charge is -2.48.